The number of hydrogen-bond donors (Lipinski definition) is 1. The lowest BCUT2D eigenvalue weighted by Gasteiger charge is -2.30. The van der Waals surface area contributed by atoms with Gasteiger partial charge in [-0.15, -0.1) is 0 Å². The predicted octanol–water partition coefficient (Wildman–Crippen LogP) is 1.98. The Morgan fingerprint density at radius 2 is 2.14 bits per heavy atom. The number of carbonyl (C=O) groups is 2. The summed E-state index contributed by atoms with van der Waals surface area (Å²) in [7, 11) is 1.68. The molecule has 7 heteroatoms. The number of fused-ring (bicyclic) bond motifs is 1. The fraction of sp³-hybridized carbons (Fsp3) is 0.267. The molecule has 22 heavy (non-hydrogen) atoms. The van der Waals surface area contributed by atoms with E-state index in [-0.39, 0.29) is 11.8 Å². The number of benzene rings is 1. The summed E-state index contributed by atoms with van der Waals surface area (Å²) in [5.74, 6) is 1.01. The lowest BCUT2D eigenvalue weighted by Crippen LogP contribution is -2.42. The van der Waals surface area contributed by atoms with Crippen molar-refractivity contribution in [3.05, 3.63) is 35.6 Å². The van der Waals surface area contributed by atoms with Crippen LogP contribution in [0, 0.1) is 6.92 Å². The van der Waals surface area contributed by atoms with Crippen molar-refractivity contribution < 1.29 is 18.8 Å². The molecule has 1 aliphatic rings. The van der Waals surface area contributed by atoms with E-state index < -0.39 is 6.10 Å². The average molecular weight is 301 g/mol. The Morgan fingerprint density at radius 1 is 1.36 bits per heavy atom. The number of rotatable bonds is 2. The number of anilines is 2. The molecule has 2 heterocycles. The molecular formula is C15H15N3O4. The van der Waals surface area contributed by atoms with E-state index in [0.717, 1.165) is 0 Å². The number of likely N-dealkylation sites (N-methyl/N-ethyl adjacent to an activating group) is 1. The molecule has 1 aromatic heterocycles. The van der Waals surface area contributed by atoms with Gasteiger partial charge >= 0.3 is 0 Å². The van der Waals surface area contributed by atoms with Crippen molar-refractivity contribution >= 4 is 23.3 Å². The van der Waals surface area contributed by atoms with Crippen LogP contribution in [0.15, 0.2) is 28.8 Å². The fourth-order valence-electron chi connectivity index (χ4n) is 2.27. The minimum absolute atomic E-state index is 0.122. The first-order valence-electron chi connectivity index (χ1n) is 6.78. The Hall–Kier alpha value is -2.83. The van der Waals surface area contributed by atoms with E-state index in [4.69, 9.17) is 9.26 Å². The van der Waals surface area contributed by atoms with Crippen LogP contribution in [-0.2, 0) is 4.79 Å². The van der Waals surface area contributed by atoms with E-state index in [1.807, 2.05) is 0 Å². The summed E-state index contributed by atoms with van der Waals surface area (Å²) in [5.41, 5.74) is 1.05. The highest BCUT2D eigenvalue weighted by atomic mass is 16.5. The second-order valence-electron chi connectivity index (χ2n) is 5.12. The third-order valence-corrected chi connectivity index (χ3v) is 3.44. The molecule has 2 amide bonds. The SMILES string of the molecule is Cc1cc(NC(=O)c2ccc3c(c2)OC(C)C(=O)N3C)no1. The van der Waals surface area contributed by atoms with Crippen LogP contribution in [0.2, 0.25) is 0 Å². The fourth-order valence-corrected chi connectivity index (χ4v) is 2.27. The third kappa shape index (κ3) is 2.41. The molecule has 1 atom stereocenters. The monoisotopic (exact) mass is 301 g/mol. The molecule has 2 aromatic rings. The second kappa shape index (κ2) is 5.18. The van der Waals surface area contributed by atoms with Gasteiger partial charge in [0.05, 0.1) is 5.69 Å². The third-order valence-electron chi connectivity index (χ3n) is 3.44. The van der Waals surface area contributed by atoms with Crippen LogP contribution in [0.5, 0.6) is 5.75 Å². The molecule has 114 valence electrons. The topological polar surface area (TPSA) is 84.7 Å². The summed E-state index contributed by atoms with van der Waals surface area (Å²) < 4.78 is 10.5. The predicted molar refractivity (Wildman–Crippen MR) is 79.1 cm³/mol. The van der Waals surface area contributed by atoms with Crippen LogP contribution in [0.3, 0.4) is 0 Å². The van der Waals surface area contributed by atoms with Gasteiger partial charge in [-0.1, -0.05) is 5.16 Å². The van der Waals surface area contributed by atoms with Gasteiger partial charge in [0.15, 0.2) is 11.9 Å². The maximum atomic E-state index is 12.2. The number of aromatic nitrogens is 1. The standard InChI is InChI=1S/C15H15N3O4/c1-8-6-13(17-22-8)16-14(19)10-4-5-11-12(7-10)21-9(2)15(20)18(11)3/h4-7,9H,1-3H3,(H,16,17,19). The first kappa shape index (κ1) is 14.1. The van der Waals surface area contributed by atoms with Gasteiger partial charge in [0.2, 0.25) is 0 Å². The van der Waals surface area contributed by atoms with Crippen molar-refractivity contribution in [3.8, 4) is 5.75 Å². The van der Waals surface area contributed by atoms with E-state index in [0.29, 0.717) is 28.6 Å². The van der Waals surface area contributed by atoms with Gasteiger partial charge in [-0.05, 0) is 32.0 Å². The molecule has 0 fully saturated rings. The Balaban J connectivity index is 1.86. The molecule has 1 N–H and O–H groups in total. The number of carbonyl (C=O) groups excluding carboxylic acids is 2. The molecule has 0 aliphatic carbocycles. The summed E-state index contributed by atoms with van der Waals surface area (Å²) in [6.07, 6.45) is -0.575. The highest BCUT2D eigenvalue weighted by Crippen LogP contribution is 2.34. The van der Waals surface area contributed by atoms with Gasteiger partial charge in [-0.3, -0.25) is 9.59 Å². The molecule has 0 spiro atoms. The van der Waals surface area contributed by atoms with Crippen LogP contribution in [0.25, 0.3) is 0 Å². The molecule has 0 radical (unpaired) electrons. The summed E-state index contributed by atoms with van der Waals surface area (Å²) in [5, 5.41) is 6.35. The van der Waals surface area contributed by atoms with Crippen molar-refractivity contribution in [2.45, 2.75) is 20.0 Å². The van der Waals surface area contributed by atoms with E-state index in [2.05, 4.69) is 10.5 Å². The number of nitrogens with zero attached hydrogens (tertiary/aromatic N) is 2. The zero-order chi connectivity index (χ0) is 15.9. The average Bonchev–Trinajstić information content (AvgIpc) is 2.89. The normalized spacial score (nSPS) is 17.0. The van der Waals surface area contributed by atoms with Gasteiger partial charge in [0, 0.05) is 18.7 Å². The molecule has 7 nitrogen and oxygen atoms in total. The minimum atomic E-state index is -0.575. The quantitative estimate of drug-likeness (QED) is 0.916. The van der Waals surface area contributed by atoms with Gasteiger partial charge in [-0.25, -0.2) is 0 Å². The number of nitrogens with one attached hydrogen (secondary N) is 1. The Bertz CT molecular complexity index is 753. The van der Waals surface area contributed by atoms with Crippen molar-refractivity contribution in [2.24, 2.45) is 0 Å². The Morgan fingerprint density at radius 3 is 2.82 bits per heavy atom. The molecule has 0 bridgehead atoms. The summed E-state index contributed by atoms with van der Waals surface area (Å²) in [6.45, 7) is 3.41. The zero-order valence-corrected chi connectivity index (χ0v) is 12.4. The van der Waals surface area contributed by atoms with Crippen molar-refractivity contribution in [1.29, 1.82) is 0 Å². The second-order valence-corrected chi connectivity index (χ2v) is 5.12. The molecule has 3 rings (SSSR count). The maximum Gasteiger partial charge on any atom is 0.267 e. The Kier molecular flexibility index (Phi) is 3.32. The largest absolute Gasteiger partial charge is 0.479 e. The molecular weight excluding hydrogens is 286 g/mol. The minimum Gasteiger partial charge on any atom is -0.479 e. The zero-order valence-electron chi connectivity index (χ0n) is 12.4. The lowest BCUT2D eigenvalue weighted by molar-refractivity contribution is -0.125. The van der Waals surface area contributed by atoms with E-state index in [1.54, 1.807) is 45.2 Å². The molecule has 1 aliphatic heterocycles. The Labute approximate surface area is 126 Å². The number of amides is 2. The van der Waals surface area contributed by atoms with Gasteiger partial charge < -0.3 is 19.5 Å². The first-order chi connectivity index (χ1) is 10.5. The number of aryl methyl sites for hydroxylation is 1. The van der Waals surface area contributed by atoms with Crippen LogP contribution in [0.4, 0.5) is 11.5 Å². The van der Waals surface area contributed by atoms with Crippen molar-refractivity contribution in [3.63, 3.8) is 0 Å². The summed E-state index contributed by atoms with van der Waals surface area (Å²) >= 11 is 0. The van der Waals surface area contributed by atoms with E-state index >= 15 is 0 Å². The highest BCUT2D eigenvalue weighted by molar-refractivity contribution is 6.05. The highest BCUT2D eigenvalue weighted by Gasteiger charge is 2.29. The molecule has 1 unspecified atom stereocenters. The molecule has 1 aromatic carbocycles. The van der Waals surface area contributed by atoms with Crippen LogP contribution >= 0.6 is 0 Å². The van der Waals surface area contributed by atoms with E-state index in [1.165, 1.54) is 4.90 Å². The summed E-state index contributed by atoms with van der Waals surface area (Å²) in [4.78, 5) is 25.6. The van der Waals surface area contributed by atoms with E-state index in [9.17, 15) is 9.59 Å². The van der Waals surface area contributed by atoms with Gasteiger partial charge in [0.1, 0.15) is 11.5 Å². The summed E-state index contributed by atoms with van der Waals surface area (Å²) in [6, 6.07) is 6.55. The maximum absolute atomic E-state index is 12.2. The lowest BCUT2D eigenvalue weighted by atomic mass is 10.1. The van der Waals surface area contributed by atoms with Crippen molar-refractivity contribution in [2.75, 3.05) is 17.3 Å². The molecule has 0 saturated carbocycles. The smallest absolute Gasteiger partial charge is 0.267 e. The van der Waals surface area contributed by atoms with Crippen LogP contribution in [0.1, 0.15) is 23.0 Å². The first-order valence-corrected chi connectivity index (χ1v) is 6.78. The van der Waals surface area contributed by atoms with Gasteiger partial charge in [-0.2, -0.15) is 0 Å². The van der Waals surface area contributed by atoms with Gasteiger partial charge in [0.25, 0.3) is 11.8 Å². The molecule has 0 saturated heterocycles. The number of ether oxygens (including phenoxy) is 1. The van der Waals surface area contributed by atoms with Crippen molar-refractivity contribution in [1.82, 2.24) is 5.16 Å². The number of hydrogen-bond acceptors (Lipinski definition) is 5. The van der Waals surface area contributed by atoms with Crippen LogP contribution < -0.4 is 15.0 Å². The van der Waals surface area contributed by atoms with Crippen LogP contribution in [-0.4, -0.2) is 30.1 Å².